The van der Waals surface area contributed by atoms with Crippen LogP contribution in [0.4, 0.5) is 0 Å². The maximum absolute atomic E-state index is 4.36. The van der Waals surface area contributed by atoms with Crippen LogP contribution in [0.25, 0.3) is 0 Å². The molecule has 0 unspecified atom stereocenters. The van der Waals surface area contributed by atoms with Crippen LogP contribution >= 0.6 is 35.3 Å². The van der Waals surface area contributed by atoms with Crippen LogP contribution in [0.2, 0.25) is 0 Å². The molecule has 0 amide bonds. The number of nitrogens with zero attached hydrogens (tertiary/aromatic N) is 5. The molecule has 0 spiro atoms. The molecule has 1 aliphatic heterocycles. The molecule has 126 valence electrons. The fourth-order valence-electron chi connectivity index (χ4n) is 2.53. The number of hydrogen-bond acceptors (Lipinski definition) is 5. The van der Waals surface area contributed by atoms with Gasteiger partial charge in [0, 0.05) is 44.1 Å². The molecule has 0 atom stereocenters. The van der Waals surface area contributed by atoms with E-state index in [9.17, 15) is 0 Å². The van der Waals surface area contributed by atoms with Crippen molar-refractivity contribution in [2.45, 2.75) is 39.3 Å². The molecule has 23 heavy (non-hydrogen) atoms. The number of rotatable bonds is 5. The predicted octanol–water partition coefficient (Wildman–Crippen LogP) is 1.51. The number of aryl methyl sites for hydroxylation is 2. The molecule has 0 aliphatic carbocycles. The normalized spacial score (nSPS) is 13.6. The Morgan fingerprint density at radius 2 is 2.26 bits per heavy atom. The predicted molar refractivity (Wildman–Crippen MR) is 103 cm³/mol. The van der Waals surface area contributed by atoms with Crippen molar-refractivity contribution in [3.05, 3.63) is 27.7 Å². The van der Waals surface area contributed by atoms with Gasteiger partial charge in [-0.1, -0.05) is 0 Å². The fraction of sp³-hybridized carbons (Fsp3) is 0.571. The first kappa shape index (κ1) is 18.1. The highest BCUT2D eigenvalue weighted by atomic mass is 127. The van der Waals surface area contributed by atoms with Crippen molar-refractivity contribution < 1.29 is 0 Å². The SMILES string of the molecule is CN=C(NCCc1ncc(C)s1)NCc1nnc2n1CCC2.I. The van der Waals surface area contributed by atoms with Crippen LogP contribution in [0.3, 0.4) is 0 Å². The maximum Gasteiger partial charge on any atom is 0.191 e. The number of guanidine groups is 1. The topological polar surface area (TPSA) is 80.0 Å². The summed E-state index contributed by atoms with van der Waals surface area (Å²) in [4.78, 5) is 9.85. The Kier molecular flexibility index (Phi) is 6.75. The molecular formula is C14H22IN7S. The van der Waals surface area contributed by atoms with Gasteiger partial charge in [0.25, 0.3) is 0 Å². The Morgan fingerprint density at radius 1 is 1.39 bits per heavy atom. The molecule has 7 nitrogen and oxygen atoms in total. The lowest BCUT2D eigenvalue weighted by atomic mass is 10.4. The average molecular weight is 447 g/mol. The second-order valence-electron chi connectivity index (χ2n) is 5.25. The molecule has 9 heteroatoms. The molecule has 2 aromatic rings. The zero-order valence-corrected chi connectivity index (χ0v) is 16.5. The van der Waals surface area contributed by atoms with E-state index in [1.54, 1.807) is 18.4 Å². The van der Waals surface area contributed by atoms with Gasteiger partial charge in [0.15, 0.2) is 11.8 Å². The Morgan fingerprint density at radius 3 is 3.00 bits per heavy atom. The first-order chi connectivity index (χ1) is 10.8. The van der Waals surface area contributed by atoms with Crippen molar-refractivity contribution in [2.75, 3.05) is 13.6 Å². The highest BCUT2D eigenvalue weighted by Crippen LogP contribution is 2.13. The summed E-state index contributed by atoms with van der Waals surface area (Å²) in [5.41, 5.74) is 0. The van der Waals surface area contributed by atoms with Crippen molar-refractivity contribution in [1.82, 2.24) is 30.4 Å². The zero-order chi connectivity index (χ0) is 15.4. The molecule has 0 fully saturated rings. The van der Waals surface area contributed by atoms with Crippen molar-refractivity contribution in [2.24, 2.45) is 4.99 Å². The van der Waals surface area contributed by atoms with Crippen LogP contribution in [0.1, 0.15) is 28.0 Å². The van der Waals surface area contributed by atoms with E-state index in [2.05, 4.69) is 42.3 Å². The van der Waals surface area contributed by atoms with E-state index >= 15 is 0 Å². The quantitative estimate of drug-likeness (QED) is 0.413. The second kappa shape index (κ2) is 8.57. The van der Waals surface area contributed by atoms with Crippen LogP contribution in [0.15, 0.2) is 11.2 Å². The van der Waals surface area contributed by atoms with E-state index in [1.165, 1.54) is 4.88 Å². The van der Waals surface area contributed by atoms with E-state index < -0.39 is 0 Å². The first-order valence-corrected chi connectivity index (χ1v) is 8.34. The van der Waals surface area contributed by atoms with Crippen molar-refractivity contribution in [3.63, 3.8) is 0 Å². The van der Waals surface area contributed by atoms with Gasteiger partial charge in [-0.3, -0.25) is 4.99 Å². The Bertz CT molecular complexity index is 664. The van der Waals surface area contributed by atoms with Gasteiger partial charge in [-0.05, 0) is 13.3 Å². The third-order valence-corrected chi connectivity index (χ3v) is 4.60. The van der Waals surface area contributed by atoms with Gasteiger partial charge in [-0.25, -0.2) is 4.98 Å². The molecular weight excluding hydrogens is 425 g/mol. The number of aliphatic imine (C=N–C) groups is 1. The number of thiazole rings is 1. The molecule has 0 saturated heterocycles. The standard InChI is InChI=1S/C14H21N7S.HI/c1-10-8-17-13(22-10)5-6-16-14(15-2)18-9-12-20-19-11-4-3-7-21(11)12;/h8H,3-7,9H2,1-2H3,(H2,15,16,18);1H. The molecule has 0 radical (unpaired) electrons. The minimum atomic E-state index is 0. The van der Waals surface area contributed by atoms with Gasteiger partial charge in [0.05, 0.1) is 11.6 Å². The van der Waals surface area contributed by atoms with Gasteiger partial charge in [0.1, 0.15) is 5.82 Å². The molecule has 0 aromatic carbocycles. The minimum absolute atomic E-state index is 0. The van der Waals surface area contributed by atoms with Crippen LogP contribution in [0.5, 0.6) is 0 Å². The van der Waals surface area contributed by atoms with E-state index in [1.807, 2.05) is 6.20 Å². The van der Waals surface area contributed by atoms with E-state index in [0.29, 0.717) is 6.54 Å². The van der Waals surface area contributed by atoms with Gasteiger partial charge in [0.2, 0.25) is 0 Å². The Labute approximate surface area is 157 Å². The van der Waals surface area contributed by atoms with Crippen molar-refractivity contribution >= 4 is 41.3 Å². The molecule has 2 aromatic heterocycles. The lowest BCUT2D eigenvalue weighted by molar-refractivity contribution is 0.662. The van der Waals surface area contributed by atoms with Crippen molar-refractivity contribution in [3.8, 4) is 0 Å². The summed E-state index contributed by atoms with van der Waals surface area (Å²) in [6, 6.07) is 0. The molecule has 3 rings (SSSR count). The zero-order valence-electron chi connectivity index (χ0n) is 13.4. The molecule has 2 N–H and O–H groups in total. The monoisotopic (exact) mass is 447 g/mol. The smallest absolute Gasteiger partial charge is 0.191 e. The van der Waals surface area contributed by atoms with Gasteiger partial charge >= 0.3 is 0 Å². The molecule has 3 heterocycles. The van der Waals surface area contributed by atoms with Crippen LogP contribution in [-0.2, 0) is 25.9 Å². The molecule has 1 aliphatic rings. The lowest BCUT2D eigenvalue weighted by Crippen LogP contribution is -2.38. The number of halogens is 1. The largest absolute Gasteiger partial charge is 0.356 e. The second-order valence-corrected chi connectivity index (χ2v) is 6.57. The summed E-state index contributed by atoms with van der Waals surface area (Å²) in [6.07, 6.45) is 5.02. The summed E-state index contributed by atoms with van der Waals surface area (Å²) < 4.78 is 2.19. The third kappa shape index (κ3) is 4.63. The van der Waals surface area contributed by atoms with Crippen LogP contribution < -0.4 is 10.6 Å². The van der Waals surface area contributed by atoms with E-state index in [0.717, 1.165) is 55.0 Å². The summed E-state index contributed by atoms with van der Waals surface area (Å²) in [5.74, 6) is 2.86. The summed E-state index contributed by atoms with van der Waals surface area (Å²) in [7, 11) is 1.77. The van der Waals surface area contributed by atoms with Gasteiger partial charge in [-0.2, -0.15) is 0 Å². The minimum Gasteiger partial charge on any atom is -0.356 e. The maximum atomic E-state index is 4.36. The Hall–Kier alpha value is -1.23. The highest BCUT2D eigenvalue weighted by Gasteiger charge is 2.16. The summed E-state index contributed by atoms with van der Waals surface area (Å²) in [6.45, 7) is 4.55. The molecule has 0 saturated carbocycles. The number of aromatic nitrogens is 4. The number of hydrogen-bond donors (Lipinski definition) is 2. The highest BCUT2D eigenvalue weighted by molar-refractivity contribution is 14.0. The first-order valence-electron chi connectivity index (χ1n) is 7.53. The molecule has 0 bridgehead atoms. The fourth-order valence-corrected chi connectivity index (χ4v) is 3.32. The number of fused-ring (bicyclic) bond motifs is 1. The average Bonchev–Trinajstić information content (AvgIpc) is 3.20. The van der Waals surface area contributed by atoms with Crippen molar-refractivity contribution in [1.29, 1.82) is 0 Å². The van der Waals surface area contributed by atoms with E-state index in [-0.39, 0.29) is 24.0 Å². The van der Waals surface area contributed by atoms with Gasteiger partial charge < -0.3 is 15.2 Å². The lowest BCUT2D eigenvalue weighted by Gasteiger charge is -2.11. The number of nitrogens with one attached hydrogen (secondary N) is 2. The van der Waals surface area contributed by atoms with Crippen LogP contribution in [-0.4, -0.2) is 39.3 Å². The van der Waals surface area contributed by atoms with Gasteiger partial charge in [-0.15, -0.1) is 45.5 Å². The third-order valence-electron chi connectivity index (χ3n) is 3.62. The summed E-state index contributed by atoms with van der Waals surface area (Å²) in [5, 5.41) is 16.2. The summed E-state index contributed by atoms with van der Waals surface area (Å²) >= 11 is 1.74. The van der Waals surface area contributed by atoms with E-state index in [4.69, 9.17) is 0 Å². The Balaban J connectivity index is 0.00000192. The van der Waals surface area contributed by atoms with Crippen LogP contribution in [0, 0.1) is 6.92 Å².